The Bertz CT molecular complexity index is 732. The van der Waals surface area contributed by atoms with E-state index in [1.54, 1.807) is 20.8 Å². The molecule has 0 saturated heterocycles. The predicted molar refractivity (Wildman–Crippen MR) is 122 cm³/mol. The van der Waals surface area contributed by atoms with Crippen molar-refractivity contribution in [1.29, 1.82) is 0 Å². The number of nitrogens with one attached hydrogen (secondary N) is 1. The van der Waals surface area contributed by atoms with Crippen LogP contribution in [0.1, 0.15) is 47.1 Å². The van der Waals surface area contributed by atoms with E-state index >= 15 is 0 Å². The molecule has 0 saturated carbocycles. The molecule has 0 spiro atoms. The summed E-state index contributed by atoms with van der Waals surface area (Å²) >= 11 is 0. The molecule has 168 valence electrons. The van der Waals surface area contributed by atoms with E-state index in [0.29, 0.717) is 6.42 Å². The Morgan fingerprint density at radius 1 is 1.10 bits per heavy atom. The molecule has 0 fully saturated rings. The second-order valence-electron chi connectivity index (χ2n) is 9.98. The van der Waals surface area contributed by atoms with Crippen LogP contribution < -0.4 is 5.32 Å². The van der Waals surface area contributed by atoms with E-state index in [1.807, 2.05) is 30.3 Å². The number of rotatable bonds is 8. The Morgan fingerprint density at radius 3 is 2.13 bits per heavy atom. The monoisotopic (exact) mass is 435 g/mol. The van der Waals surface area contributed by atoms with Crippen LogP contribution in [0.5, 0.6) is 0 Å². The molecule has 0 aliphatic heterocycles. The van der Waals surface area contributed by atoms with E-state index in [2.05, 4.69) is 39.2 Å². The SMILES string of the molecule is CC(C)(C)OC(=O)NC(Cc1ccccc1)C(/C=C/C(=O)O)O[Si](C)(C)C(C)(C)C. The van der Waals surface area contributed by atoms with Crippen molar-refractivity contribution in [3.05, 3.63) is 48.0 Å². The second kappa shape index (κ2) is 10.3. The third-order valence-corrected chi connectivity index (χ3v) is 9.54. The molecular weight excluding hydrogens is 398 g/mol. The van der Waals surface area contributed by atoms with E-state index in [4.69, 9.17) is 9.16 Å². The molecule has 0 heterocycles. The van der Waals surface area contributed by atoms with Gasteiger partial charge in [0.15, 0.2) is 8.32 Å². The van der Waals surface area contributed by atoms with Crippen LogP contribution in [0.4, 0.5) is 4.79 Å². The fraction of sp³-hybridized carbons (Fsp3) is 0.565. The van der Waals surface area contributed by atoms with E-state index < -0.39 is 38.1 Å². The van der Waals surface area contributed by atoms with Crippen LogP contribution in [0, 0.1) is 0 Å². The number of carbonyl (C=O) groups is 2. The van der Waals surface area contributed by atoms with Gasteiger partial charge < -0.3 is 19.6 Å². The smallest absolute Gasteiger partial charge is 0.407 e. The summed E-state index contributed by atoms with van der Waals surface area (Å²) in [6.07, 6.45) is 1.90. The summed E-state index contributed by atoms with van der Waals surface area (Å²) in [7, 11) is -2.25. The largest absolute Gasteiger partial charge is 0.478 e. The van der Waals surface area contributed by atoms with Crippen molar-refractivity contribution < 1.29 is 23.9 Å². The Kier molecular flexibility index (Phi) is 8.86. The van der Waals surface area contributed by atoms with Crippen molar-refractivity contribution in [3.63, 3.8) is 0 Å². The number of hydrogen-bond donors (Lipinski definition) is 2. The van der Waals surface area contributed by atoms with Crippen LogP contribution >= 0.6 is 0 Å². The molecule has 7 heteroatoms. The maximum absolute atomic E-state index is 12.5. The highest BCUT2D eigenvalue weighted by molar-refractivity contribution is 6.74. The average molecular weight is 436 g/mol. The third-order valence-electron chi connectivity index (χ3n) is 5.06. The zero-order valence-electron chi connectivity index (χ0n) is 19.5. The first kappa shape index (κ1) is 25.9. The lowest BCUT2D eigenvalue weighted by Gasteiger charge is -2.40. The fourth-order valence-electron chi connectivity index (χ4n) is 2.53. The number of benzene rings is 1. The Labute approximate surface area is 181 Å². The summed E-state index contributed by atoms with van der Waals surface area (Å²) in [5, 5.41) is 12.0. The first-order chi connectivity index (χ1) is 13.6. The van der Waals surface area contributed by atoms with Gasteiger partial charge in [-0.25, -0.2) is 9.59 Å². The summed E-state index contributed by atoms with van der Waals surface area (Å²) in [5.41, 5.74) is 0.361. The molecule has 1 amide bonds. The van der Waals surface area contributed by atoms with Crippen LogP contribution in [0.15, 0.2) is 42.5 Å². The summed E-state index contributed by atoms with van der Waals surface area (Å²) in [6.45, 7) is 15.9. The highest BCUT2D eigenvalue weighted by Crippen LogP contribution is 2.38. The fourth-order valence-corrected chi connectivity index (χ4v) is 3.80. The third kappa shape index (κ3) is 9.13. The molecule has 0 bridgehead atoms. The molecule has 0 aliphatic carbocycles. The van der Waals surface area contributed by atoms with Gasteiger partial charge in [-0.2, -0.15) is 0 Å². The molecule has 0 aromatic heterocycles. The first-order valence-corrected chi connectivity index (χ1v) is 13.1. The van der Waals surface area contributed by atoms with Gasteiger partial charge >= 0.3 is 12.1 Å². The van der Waals surface area contributed by atoms with Crippen LogP contribution in [0.3, 0.4) is 0 Å². The lowest BCUT2D eigenvalue weighted by Crippen LogP contribution is -2.52. The van der Waals surface area contributed by atoms with Crippen molar-refractivity contribution in [1.82, 2.24) is 5.32 Å². The lowest BCUT2D eigenvalue weighted by atomic mass is 10.0. The van der Waals surface area contributed by atoms with Crippen LogP contribution in [-0.2, 0) is 20.4 Å². The highest BCUT2D eigenvalue weighted by atomic mass is 28.4. The van der Waals surface area contributed by atoms with E-state index in [-0.39, 0.29) is 5.04 Å². The Morgan fingerprint density at radius 2 is 1.67 bits per heavy atom. The Balaban J connectivity index is 3.27. The maximum Gasteiger partial charge on any atom is 0.407 e. The molecule has 0 radical (unpaired) electrons. The minimum Gasteiger partial charge on any atom is -0.478 e. The normalized spacial score (nSPS) is 14.9. The number of carbonyl (C=O) groups excluding carboxylic acids is 1. The van der Waals surface area contributed by atoms with Crippen LogP contribution in [0.2, 0.25) is 18.1 Å². The van der Waals surface area contributed by atoms with Gasteiger partial charge in [0.1, 0.15) is 5.60 Å². The maximum atomic E-state index is 12.5. The van der Waals surface area contributed by atoms with E-state index in [1.165, 1.54) is 6.08 Å². The van der Waals surface area contributed by atoms with Gasteiger partial charge in [-0.3, -0.25) is 0 Å². The van der Waals surface area contributed by atoms with E-state index in [0.717, 1.165) is 11.6 Å². The van der Waals surface area contributed by atoms with Crippen molar-refractivity contribution in [2.24, 2.45) is 0 Å². The summed E-state index contributed by atoms with van der Waals surface area (Å²) in [4.78, 5) is 23.8. The standard InChI is InChI=1S/C23H37NO5Si/c1-22(2,3)28-21(27)24-18(16-17-12-10-9-11-13-17)19(14-15-20(25)26)29-30(7,8)23(4,5)6/h9-15,18-19H,16H2,1-8H3,(H,24,27)(H,25,26)/b15-14+. The molecule has 6 nitrogen and oxygen atoms in total. The van der Waals surface area contributed by atoms with Gasteiger partial charge in [-0.15, -0.1) is 0 Å². The molecule has 2 N–H and O–H groups in total. The van der Waals surface area contributed by atoms with Gasteiger partial charge in [-0.1, -0.05) is 51.1 Å². The van der Waals surface area contributed by atoms with E-state index in [9.17, 15) is 14.7 Å². The summed E-state index contributed by atoms with van der Waals surface area (Å²) < 4.78 is 12.0. The number of carboxylic acid groups (broad SMARTS) is 1. The molecule has 2 unspecified atom stereocenters. The van der Waals surface area contributed by atoms with Crippen molar-refractivity contribution >= 4 is 20.4 Å². The number of hydrogen-bond acceptors (Lipinski definition) is 4. The predicted octanol–water partition coefficient (Wildman–Crippen LogP) is 5.15. The second-order valence-corrected chi connectivity index (χ2v) is 14.7. The van der Waals surface area contributed by atoms with Crippen molar-refractivity contribution in [2.75, 3.05) is 0 Å². The minimum absolute atomic E-state index is 0.0778. The van der Waals surface area contributed by atoms with Gasteiger partial charge in [0.05, 0.1) is 12.1 Å². The highest BCUT2D eigenvalue weighted by Gasteiger charge is 2.40. The minimum atomic E-state index is -2.25. The number of carboxylic acids is 1. The molecule has 1 aromatic rings. The number of alkyl carbamates (subject to hydrolysis) is 1. The first-order valence-electron chi connectivity index (χ1n) is 10.2. The van der Waals surface area contributed by atoms with Crippen LogP contribution in [-0.4, -0.2) is 43.2 Å². The summed E-state index contributed by atoms with van der Waals surface area (Å²) in [6, 6.07) is 9.22. The van der Waals surface area contributed by atoms with Gasteiger partial charge in [0.25, 0.3) is 0 Å². The molecule has 1 rings (SSSR count). The quantitative estimate of drug-likeness (QED) is 0.435. The van der Waals surface area contributed by atoms with Gasteiger partial charge in [0, 0.05) is 6.08 Å². The number of amides is 1. The van der Waals surface area contributed by atoms with Gasteiger partial charge in [0.2, 0.25) is 0 Å². The molecule has 2 atom stereocenters. The van der Waals surface area contributed by atoms with Crippen LogP contribution in [0.25, 0.3) is 0 Å². The molecule has 0 aliphatic rings. The lowest BCUT2D eigenvalue weighted by molar-refractivity contribution is -0.131. The number of ether oxygens (including phenoxy) is 1. The Hall–Kier alpha value is -2.12. The van der Waals surface area contributed by atoms with Gasteiger partial charge in [-0.05, 0) is 57.0 Å². The topological polar surface area (TPSA) is 84.9 Å². The zero-order chi connectivity index (χ0) is 23.2. The summed E-state index contributed by atoms with van der Waals surface area (Å²) in [5.74, 6) is -1.06. The van der Waals surface area contributed by atoms with Crippen molar-refractivity contribution in [2.45, 2.75) is 83.8 Å². The molecule has 30 heavy (non-hydrogen) atoms. The number of aliphatic carboxylic acids is 1. The average Bonchev–Trinajstić information content (AvgIpc) is 2.56. The zero-order valence-corrected chi connectivity index (χ0v) is 20.5. The molecule has 1 aromatic carbocycles. The van der Waals surface area contributed by atoms with Crippen molar-refractivity contribution in [3.8, 4) is 0 Å². The molecular formula is C23H37NO5Si.